The number of hydrogen-bond donors (Lipinski definition) is 1. The molecule has 0 bridgehead atoms. The van der Waals surface area contributed by atoms with Crippen molar-refractivity contribution in [2.24, 2.45) is 12.5 Å². The third kappa shape index (κ3) is 5.28. The van der Waals surface area contributed by atoms with E-state index in [1.165, 1.54) is 9.13 Å². The second-order valence-electron chi connectivity index (χ2n) is 12.0. The summed E-state index contributed by atoms with van der Waals surface area (Å²) in [5.41, 5.74) is 0.630. The Kier molecular flexibility index (Phi) is 7.08. The number of nitrogens with one attached hydrogen (secondary N) is 1. The molecular weight excluding hydrogens is 514 g/mol. The first kappa shape index (κ1) is 27.6. The molecule has 3 amide bonds. The molecule has 1 unspecified atom stereocenters. The number of aryl methyl sites for hydroxylation is 1. The number of rotatable bonds is 3. The van der Waals surface area contributed by atoms with E-state index in [1.54, 1.807) is 18.0 Å². The summed E-state index contributed by atoms with van der Waals surface area (Å²) in [6.07, 6.45) is 1.17. The highest BCUT2D eigenvalue weighted by Gasteiger charge is 2.53. The molecule has 3 aliphatic rings. The Labute approximate surface area is 232 Å². The van der Waals surface area contributed by atoms with Crippen LogP contribution in [0.4, 0.5) is 4.79 Å². The van der Waals surface area contributed by atoms with E-state index in [-0.39, 0.29) is 36.3 Å². The number of carbonyl (C=O) groups excluding carboxylic acids is 4. The maximum Gasteiger partial charge on any atom is 0.410 e. The van der Waals surface area contributed by atoms with Gasteiger partial charge in [-0.1, -0.05) is 11.8 Å². The minimum atomic E-state index is -0.725. The fourth-order valence-corrected chi connectivity index (χ4v) is 5.78. The molecule has 212 valence electrons. The molecule has 11 heteroatoms. The van der Waals surface area contributed by atoms with Crippen LogP contribution in [0.15, 0.2) is 23.0 Å². The molecule has 1 aromatic heterocycles. The lowest BCUT2D eigenvalue weighted by molar-refractivity contribution is -0.145. The summed E-state index contributed by atoms with van der Waals surface area (Å²) in [4.78, 5) is 65.8. The number of imidazole rings is 1. The van der Waals surface area contributed by atoms with Gasteiger partial charge in [0.1, 0.15) is 17.4 Å². The van der Waals surface area contributed by atoms with Crippen LogP contribution in [0.1, 0.15) is 58.1 Å². The summed E-state index contributed by atoms with van der Waals surface area (Å²) < 4.78 is 8.38. The number of fused-ring (bicyclic) bond motifs is 1. The molecular formula is C29H35N5O6. The molecule has 40 heavy (non-hydrogen) atoms. The average molecular weight is 550 g/mol. The van der Waals surface area contributed by atoms with Crippen molar-refractivity contribution in [3.8, 4) is 11.8 Å². The molecule has 3 saturated heterocycles. The van der Waals surface area contributed by atoms with Gasteiger partial charge in [0.2, 0.25) is 11.8 Å². The fraction of sp³-hybridized carbons (Fsp3) is 0.552. The molecule has 2 aromatic rings. The Morgan fingerprint density at radius 2 is 1.85 bits per heavy atom. The second kappa shape index (κ2) is 10.2. The number of hydrogen-bond acceptors (Lipinski definition) is 7. The average Bonchev–Trinajstić information content (AvgIpc) is 3.10. The van der Waals surface area contributed by atoms with Gasteiger partial charge in [-0.3, -0.25) is 28.8 Å². The largest absolute Gasteiger partial charge is 0.444 e. The number of nitrogens with zero attached hydrogens (tertiary/aromatic N) is 4. The SMILES string of the molecule is Cn1c(=O)n(C2CCC(=O)NC2=O)c2ccc(C#CCCN3CCC(=O)C4(C3)CN(C(=O)OC(C)(C)C)C4)cc21. The van der Waals surface area contributed by atoms with Gasteiger partial charge in [-0.15, -0.1) is 0 Å². The van der Waals surface area contributed by atoms with Crippen LogP contribution in [0, 0.1) is 17.3 Å². The number of amides is 3. The summed E-state index contributed by atoms with van der Waals surface area (Å²) in [6.45, 7) is 8.25. The third-order valence-corrected chi connectivity index (χ3v) is 7.81. The van der Waals surface area contributed by atoms with Gasteiger partial charge in [0.05, 0.1) is 16.4 Å². The number of benzene rings is 1. The van der Waals surface area contributed by atoms with Crippen molar-refractivity contribution >= 4 is 34.7 Å². The maximum atomic E-state index is 13.0. The number of likely N-dealkylation sites (tertiary alicyclic amines) is 2. The third-order valence-electron chi connectivity index (χ3n) is 7.81. The van der Waals surface area contributed by atoms with Gasteiger partial charge >= 0.3 is 11.8 Å². The Bertz CT molecular complexity index is 1510. The van der Waals surface area contributed by atoms with E-state index in [0.29, 0.717) is 56.6 Å². The molecule has 3 fully saturated rings. The predicted molar refractivity (Wildman–Crippen MR) is 146 cm³/mol. The lowest BCUT2D eigenvalue weighted by atomic mass is 9.72. The van der Waals surface area contributed by atoms with Crippen LogP contribution in [0.5, 0.6) is 0 Å². The molecule has 4 heterocycles. The highest BCUT2D eigenvalue weighted by Crippen LogP contribution is 2.37. The van der Waals surface area contributed by atoms with Crippen molar-refractivity contribution < 1.29 is 23.9 Å². The molecule has 1 aromatic carbocycles. The summed E-state index contributed by atoms with van der Waals surface area (Å²) in [6, 6.07) is 4.72. The van der Waals surface area contributed by atoms with Crippen LogP contribution in [-0.2, 0) is 26.2 Å². The molecule has 1 spiro atoms. The van der Waals surface area contributed by atoms with Gasteiger partial charge in [0.15, 0.2) is 0 Å². The highest BCUT2D eigenvalue weighted by atomic mass is 16.6. The minimum absolute atomic E-state index is 0.192. The highest BCUT2D eigenvalue weighted by molar-refractivity contribution is 6.00. The van der Waals surface area contributed by atoms with Crippen molar-refractivity contribution in [3.63, 3.8) is 0 Å². The molecule has 0 radical (unpaired) electrons. The number of imide groups is 1. The molecule has 0 aliphatic carbocycles. The number of ether oxygens (including phenoxy) is 1. The smallest absolute Gasteiger partial charge is 0.410 e. The van der Waals surface area contributed by atoms with Crippen LogP contribution in [0.25, 0.3) is 11.0 Å². The van der Waals surface area contributed by atoms with Crippen LogP contribution in [-0.4, -0.2) is 80.9 Å². The van der Waals surface area contributed by atoms with E-state index in [4.69, 9.17) is 4.74 Å². The second-order valence-corrected chi connectivity index (χ2v) is 12.0. The summed E-state index contributed by atoms with van der Waals surface area (Å²) in [5, 5.41) is 2.32. The Hall–Kier alpha value is -3.91. The molecule has 3 aliphatic heterocycles. The molecule has 1 N–H and O–H groups in total. The fourth-order valence-electron chi connectivity index (χ4n) is 5.78. The number of Topliss-reactive ketones (excluding diaryl/α,β-unsaturated/α-hetero) is 1. The van der Waals surface area contributed by atoms with Gasteiger partial charge in [-0.2, -0.15) is 0 Å². The van der Waals surface area contributed by atoms with Gasteiger partial charge < -0.3 is 14.5 Å². The zero-order valence-electron chi connectivity index (χ0n) is 23.4. The van der Waals surface area contributed by atoms with Gasteiger partial charge in [-0.25, -0.2) is 9.59 Å². The van der Waals surface area contributed by atoms with Gasteiger partial charge in [0.25, 0.3) is 0 Å². The van der Waals surface area contributed by atoms with E-state index in [2.05, 4.69) is 22.1 Å². The van der Waals surface area contributed by atoms with Crippen molar-refractivity contribution in [1.29, 1.82) is 0 Å². The van der Waals surface area contributed by atoms with E-state index in [1.807, 2.05) is 32.9 Å². The van der Waals surface area contributed by atoms with E-state index < -0.39 is 23.0 Å². The Balaban J connectivity index is 1.21. The molecule has 1 atom stereocenters. The number of aromatic nitrogens is 2. The predicted octanol–water partition coefficient (Wildman–Crippen LogP) is 1.57. The first-order chi connectivity index (χ1) is 18.9. The van der Waals surface area contributed by atoms with Crippen LogP contribution in [0.2, 0.25) is 0 Å². The first-order valence-electron chi connectivity index (χ1n) is 13.6. The van der Waals surface area contributed by atoms with E-state index in [0.717, 1.165) is 5.56 Å². The maximum absolute atomic E-state index is 13.0. The quantitative estimate of drug-likeness (QED) is 0.456. The number of ketones is 1. The van der Waals surface area contributed by atoms with Crippen molar-refractivity contribution in [2.75, 3.05) is 32.7 Å². The summed E-state index contributed by atoms with van der Waals surface area (Å²) in [7, 11) is 1.65. The van der Waals surface area contributed by atoms with Crippen LogP contribution in [0.3, 0.4) is 0 Å². The zero-order chi connectivity index (χ0) is 28.8. The van der Waals surface area contributed by atoms with Crippen molar-refractivity contribution in [2.45, 2.75) is 58.1 Å². The zero-order valence-corrected chi connectivity index (χ0v) is 23.4. The topological polar surface area (TPSA) is 123 Å². The Morgan fingerprint density at radius 1 is 1.10 bits per heavy atom. The van der Waals surface area contributed by atoms with Gasteiger partial charge in [-0.05, 0) is 45.4 Å². The van der Waals surface area contributed by atoms with Crippen molar-refractivity contribution in [1.82, 2.24) is 24.3 Å². The van der Waals surface area contributed by atoms with Crippen molar-refractivity contribution in [3.05, 3.63) is 34.2 Å². The molecule has 0 saturated carbocycles. The first-order valence-corrected chi connectivity index (χ1v) is 13.6. The normalized spacial score (nSPS) is 21.1. The standard InChI is InChI=1S/C29H35N5O6/c1-28(2,3)40-27(39)33-17-29(18-33)16-32(14-12-23(29)35)13-6-5-7-19-8-9-20-22(15-19)31(4)26(38)34(20)21-10-11-24(36)30-25(21)37/h8-9,15,21H,6,10-14,16-18H2,1-4H3,(H,30,36,37). The monoisotopic (exact) mass is 549 g/mol. The number of piperidine rings is 2. The summed E-state index contributed by atoms with van der Waals surface area (Å²) >= 11 is 0. The van der Waals surface area contributed by atoms with Crippen LogP contribution < -0.4 is 11.0 Å². The lowest BCUT2D eigenvalue weighted by Gasteiger charge is -2.52. The van der Waals surface area contributed by atoms with E-state index >= 15 is 0 Å². The summed E-state index contributed by atoms with van der Waals surface area (Å²) in [5.74, 6) is 5.78. The van der Waals surface area contributed by atoms with Crippen LogP contribution >= 0.6 is 0 Å². The van der Waals surface area contributed by atoms with Gasteiger partial charge in [0, 0.05) is 64.6 Å². The van der Waals surface area contributed by atoms with E-state index in [9.17, 15) is 24.0 Å². The lowest BCUT2D eigenvalue weighted by Crippen LogP contribution is -2.68. The molecule has 5 rings (SSSR count). The molecule has 11 nitrogen and oxygen atoms in total. The minimum Gasteiger partial charge on any atom is -0.444 e. The Morgan fingerprint density at radius 3 is 2.55 bits per heavy atom. The number of carbonyl (C=O) groups is 4.